The molecule has 0 atom stereocenters. The van der Waals surface area contributed by atoms with Crippen molar-refractivity contribution in [1.29, 1.82) is 0 Å². The Morgan fingerprint density at radius 2 is 1.56 bits per heavy atom. The first-order chi connectivity index (χ1) is 16.4. The molecular weight excluding hydrogens is 432 g/mol. The molecule has 8 heteroatoms. The molecule has 34 heavy (non-hydrogen) atoms. The van der Waals surface area contributed by atoms with Gasteiger partial charge in [0, 0.05) is 30.8 Å². The van der Waals surface area contributed by atoms with Crippen LogP contribution < -0.4 is 14.8 Å². The number of hydrogen-bond acceptors (Lipinski definition) is 6. The summed E-state index contributed by atoms with van der Waals surface area (Å²) in [6.45, 7) is 5.72. The number of nitrogens with zero attached hydrogens (tertiary/aromatic N) is 3. The van der Waals surface area contributed by atoms with Crippen molar-refractivity contribution in [3.63, 3.8) is 0 Å². The Bertz CT molecular complexity index is 1220. The summed E-state index contributed by atoms with van der Waals surface area (Å²) in [6.07, 6.45) is 1.67. The van der Waals surface area contributed by atoms with Crippen molar-refractivity contribution in [2.24, 2.45) is 5.92 Å². The molecule has 0 radical (unpaired) electrons. The zero-order valence-electron chi connectivity index (χ0n) is 20.1. The first kappa shape index (κ1) is 23.5. The molecule has 0 unspecified atom stereocenters. The molecule has 8 nitrogen and oxygen atoms in total. The highest BCUT2D eigenvalue weighted by Crippen LogP contribution is 2.29. The van der Waals surface area contributed by atoms with Crippen LogP contribution in [0.3, 0.4) is 0 Å². The molecule has 4 rings (SSSR count). The third kappa shape index (κ3) is 4.95. The van der Waals surface area contributed by atoms with Gasteiger partial charge in [0.2, 0.25) is 0 Å². The summed E-state index contributed by atoms with van der Waals surface area (Å²) in [4.78, 5) is 36.5. The average molecular weight is 463 g/mol. The zero-order valence-corrected chi connectivity index (χ0v) is 20.1. The molecule has 2 amide bonds. The Morgan fingerprint density at radius 1 is 0.912 bits per heavy atom. The number of ether oxygens (including phenoxy) is 2. The number of aryl methyl sites for hydroxylation is 2. The molecule has 0 bridgehead atoms. The van der Waals surface area contributed by atoms with Gasteiger partial charge in [-0.15, -0.1) is 0 Å². The van der Waals surface area contributed by atoms with Crippen molar-refractivity contribution in [1.82, 2.24) is 20.2 Å². The topological polar surface area (TPSA) is 93.7 Å². The van der Waals surface area contributed by atoms with Crippen LogP contribution in [-0.2, 0) is 0 Å². The van der Waals surface area contributed by atoms with Crippen molar-refractivity contribution in [3.05, 3.63) is 58.9 Å². The number of aromatic nitrogens is 2. The highest BCUT2D eigenvalue weighted by molar-refractivity contribution is 5.97. The standard InChI is InChI=1S/C26H30N4O4/c1-16-17(2)29-22-13-19(5-7-21(22)28-16)25(31)27-15-18-9-11-30(12-10-18)26(32)20-6-8-23(33-3)24(14-20)34-4/h5-8,13-14,18H,9-12,15H2,1-4H3,(H,27,31). The summed E-state index contributed by atoms with van der Waals surface area (Å²) in [7, 11) is 3.12. The third-order valence-electron chi connectivity index (χ3n) is 6.42. The highest BCUT2D eigenvalue weighted by Gasteiger charge is 2.25. The number of benzene rings is 2. The van der Waals surface area contributed by atoms with Gasteiger partial charge in [0.25, 0.3) is 11.8 Å². The lowest BCUT2D eigenvalue weighted by atomic mass is 9.96. The molecule has 0 aliphatic carbocycles. The van der Waals surface area contributed by atoms with Gasteiger partial charge in [0.05, 0.1) is 36.6 Å². The van der Waals surface area contributed by atoms with E-state index in [-0.39, 0.29) is 11.8 Å². The van der Waals surface area contributed by atoms with Gasteiger partial charge in [-0.1, -0.05) is 0 Å². The molecule has 178 valence electrons. The number of piperidine rings is 1. The Kier molecular flexibility index (Phi) is 6.95. The van der Waals surface area contributed by atoms with Gasteiger partial charge in [-0.2, -0.15) is 0 Å². The average Bonchev–Trinajstić information content (AvgIpc) is 2.87. The van der Waals surface area contributed by atoms with Crippen LogP contribution in [0.5, 0.6) is 11.5 Å². The fourth-order valence-corrected chi connectivity index (χ4v) is 4.20. The maximum absolute atomic E-state index is 12.9. The number of hydrogen-bond donors (Lipinski definition) is 1. The largest absolute Gasteiger partial charge is 0.493 e. The lowest BCUT2D eigenvalue weighted by Gasteiger charge is -2.32. The Labute approximate surface area is 199 Å². The van der Waals surface area contributed by atoms with Gasteiger partial charge >= 0.3 is 0 Å². The van der Waals surface area contributed by atoms with Crippen LogP contribution in [-0.4, -0.2) is 60.5 Å². The maximum atomic E-state index is 12.9. The molecule has 0 saturated carbocycles. The van der Waals surface area contributed by atoms with E-state index >= 15 is 0 Å². The second-order valence-corrected chi connectivity index (χ2v) is 8.61. The first-order valence-electron chi connectivity index (χ1n) is 11.4. The van der Waals surface area contributed by atoms with Crippen LogP contribution in [0.4, 0.5) is 0 Å². The quantitative estimate of drug-likeness (QED) is 0.602. The second-order valence-electron chi connectivity index (χ2n) is 8.61. The smallest absolute Gasteiger partial charge is 0.253 e. The normalized spacial score (nSPS) is 14.2. The van der Waals surface area contributed by atoms with Gasteiger partial charge in [0.15, 0.2) is 11.5 Å². The van der Waals surface area contributed by atoms with E-state index in [0.717, 1.165) is 35.3 Å². The van der Waals surface area contributed by atoms with Gasteiger partial charge < -0.3 is 19.7 Å². The summed E-state index contributed by atoms with van der Waals surface area (Å²) < 4.78 is 10.6. The number of carbonyl (C=O) groups excluding carboxylic acids is 2. The van der Waals surface area contributed by atoms with E-state index in [1.807, 2.05) is 24.8 Å². The predicted octanol–water partition coefficient (Wildman–Crippen LogP) is 3.55. The molecule has 1 fully saturated rings. The number of amides is 2. The van der Waals surface area contributed by atoms with Crippen molar-refractivity contribution in [2.45, 2.75) is 26.7 Å². The molecule has 1 aromatic heterocycles. The molecular formula is C26H30N4O4. The van der Waals surface area contributed by atoms with Crippen molar-refractivity contribution in [2.75, 3.05) is 33.9 Å². The van der Waals surface area contributed by atoms with Gasteiger partial charge in [0.1, 0.15) is 0 Å². The van der Waals surface area contributed by atoms with E-state index in [0.29, 0.717) is 48.2 Å². The van der Waals surface area contributed by atoms with Crippen LogP contribution in [0.15, 0.2) is 36.4 Å². The second kappa shape index (κ2) is 10.1. The van der Waals surface area contributed by atoms with Gasteiger partial charge in [-0.25, -0.2) is 9.97 Å². The van der Waals surface area contributed by atoms with E-state index in [1.54, 1.807) is 44.6 Å². The van der Waals surface area contributed by atoms with Crippen molar-refractivity contribution in [3.8, 4) is 11.5 Å². The van der Waals surface area contributed by atoms with E-state index < -0.39 is 0 Å². The lowest BCUT2D eigenvalue weighted by Crippen LogP contribution is -2.41. The van der Waals surface area contributed by atoms with Crippen molar-refractivity contribution < 1.29 is 19.1 Å². The predicted molar refractivity (Wildman–Crippen MR) is 130 cm³/mol. The molecule has 1 N–H and O–H groups in total. The van der Waals surface area contributed by atoms with Gasteiger partial charge in [-0.05, 0) is 69.0 Å². The van der Waals surface area contributed by atoms with Crippen LogP contribution >= 0.6 is 0 Å². The minimum atomic E-state index is -0.120. The first-order valence-corrected chi connectivity index (χ1v) is 11.4. The molecule has 1 saturated heterocycles. The number of fused-ring (bicyclic) bond motifs is 1. The summed E-state index contributed by atoms with van der Waals surface area (Å²) in [5, 5.41) is 3.04. The monoisotopic (exact) mass is 462 g/mol. The Hall–Kier alpha value is -3.68. The lowest BCUT2D eigenvalue weighted by molar-refractivity contribution is 0.0684. The van der Waals surface area contributed by atoms with Crippen LogP contribution in [0.1, 0.15) is 44.9 Å². The van der Waals surface area contributed by atoms with E-state index in [1.165, 1.54) is 0 Å². The molecule has 3 aromatic rings. The Morgan fingerprint density at radius 3 is 2.24 bits per heavy atom. The third-order valence-corrected chi connectivity index (χ3v) is 6.42. The number of methoxy groups -OCH3 is 2. The fraction of sp³-hybridized carbons (Fsp3) is 0.385. The number of likely N-dealkylation sites (tertiary alicyclic amines) is 1. The van der Waals surface area contributed by atoms with Crippen molar-refractivity contribution >= 4 is 22.8 Å². The van der Waals surface area contributed by atoms with Crippen LogP contribution in [0.25, 0.3) is 11.0 Å². The molecule has 0 spiro atoms. The summed E-state index contributed by atoms with van der Waals surface area (Å²) >= 11 is 0. The Balaban J connectivity index is 1.31. The number of carbonyl (C=O) groups is 2. The summed E-state index contributed by atoms with van der Waals surface area (Å²) in [6, 6.07) is 10.6. The van der Waals surface area contributed by atoms with Crippen LogP contribution in [0.2, 0.25) is 0 Å². The van der Waals surface area contributed by atoms with E-state index in [2.05, 4.69) is 15.3 Å². The molecule has 1 aliphatic rings. The van der Waals surface area contributed by atoms with E-state index in [9.17, 15) is 9.59 Å². The molecule has 2 aromatic carbocycles. The summed E-state index contributed by atoms with van der Waals surface area (Å²) in [5.74, 6) is 1.31. The minimum absolute atomic E-state index is 0.0220. The fourth-order valence-electron chi connectivity index (χ4n) is 4.20. The van der Waals surface area contributed by atoms with E-state index in [4.69, 9.17) is 9.47 Å². The highest BCUT2D eigenvalue weighted by atomic mass is 16.5. The van der Waals surface area contributed by atoms with Gasteiger partial charge in [-0.3, -0.25) is 9.59 Å². The maximum Gasteiger partial charge on any atom is 0.253 e. The zero-order chi connectivity index (χ0) is 24.2. The SMILES string of the molecule is COc1ccc(C(=O)N2CCC(CNC(=O)c3ccc4nc(C)c(C)nc4c3)CC2)cc1OC. The molecule has 1 aliphatic heterocycles. The number of rotatable bonds is 6. The number of nitrogens with one attached hydrogen (secondary N) is 1. The summed E-state index contributed by atoms with van der Waals surface area (Å²) in [5.41, 5.74) is 4.41. The minimum Gasteiger partial charge on any atom is -0.493 e. The molecule has 2 heterocycles. The van der Waals surface area contributed by atoms with Crippen LogP contribution in [0, 0.1) is 19.8 Å².